The highest BCUT2D eigenvalue weighted by Crippen LogP contribution is 2.04. The Labute approximate surface area is 104 Å². The van der Waals surface area contributed by atoms with Crippen molar-refractivity contribution in [2.45, 2.75) is 6.92 Å². The molecule has 94 valence electrons. The fraction of sp³-hybridized carbons (Fsp3) is 0.615. The van der Waals surface area contributed by atoms with Crippen LogP contribution in [0.3, 0.4) is 0 Å². The Bertz CT molecular complexity index is 345. The number of pyridine rings is 1. The Hall–Kier alpha value is -1.13. The zero-order valence-electron chi connectivity index (χ0n) is 10.8. The zero-order chi connectivity index (χ0) is 12.1. The molecule has 0 aromatic carbocycles. The van der Waals surface area contributed by atoms with E-state index < -0.39 is 0 Å². The number of hydrogen-bond donors (Lipinski definition) is 1. The van der Waals surface area contributed by atoms with Crippen LogP contribution in [0.25, 0.3) is 0 Å². The summed E-state index contributed by atoms with van der Waals surface area (Å²) in [7, 11) is 2.19. The average Bonchev–Trinajstić information content (AvgIpc) is 2.32. The number of hydrogen-bond acceptors (Lipinski definition) is 4. The van der Waals surface area contributed by atoms with Crippen LogP contribution in [0.15, 0.2) is 18.2 Å². The maximum absolute atomic E-state index is 4.43. The second-order valence-corrected chi connectivity index (χ2v) is 4.74. The third-order valence-corrected chi connectivity index (χ3v) is 3.22. The van der Waals surface area contributed by atoms with Crippen LogP contribution >= 0.6 is 0 Å². The molecule has 1 aromatic rings. The van der Waals surface area contributed by atoms with E-state index in [-0.39, 0.29) is 0 Å². The molecule has 0 bridgehead atoms. The average molecular weight is 234 g/mol. The van der Waals surface area contributed by atoms with Crippen molar-refractivity contribution in [1.82, 2.24) is 14.8 Å². The predicted octanol–water partition coefficient (Wildman–Crippen LogP) is 1.05. The van der Waals surface area contributed by atoms with E-state index in [1.165, 1.54) is 26.2 Å². The normalized spacial score (nSPS) is 18.2. The zero-order valence-corrected chi connectivity index (χ0v) is 10.8. The first kappa shape index (κ1) is 12.3. The topological polar surface area (TPSA) is 31.4 Å². The van der Waals surface area contributed by atoms with Crippen molar-refractivity contribution in [2.75, 3.05) is 51.6 Å². The molecule has 1 saturated heterocycles. The third-order valence-electron chi connectivity index (χ3n) is 3.22. The summed E-state index contributed by atoms with van der Waals surface area (Å²) in [5.74, 6) is 0.985. The van der Waals surface area contributed by atoms with E-state index in [4.69, 9.17) is 0 Å². The van der Waals surface area contributed by atoms with Gasteiger partial charge in [0, 0.05) is 45.0 Å². The molecule has 0 spiro atoms. The van der Waals surface area contributed by atoms with Gasteiger partial charge in [-0.1, -0.05) is 6.07 Å². The van der Waals surface area contributed by atoms with Crippen LogP contribution in [0.4, 0.5) is 5.82 Å². The Balaban J connectivity index is 1.69. The van der Waals surface area contributed by atoms with Crippen molar-refractivity contribution < 1.29 is 0 Å². The molecule has 1 aliphatic rings. The summed E-state index contributed by atoms with van der Waals surface area (Å²) in [6, 6.07) is 6.09. The van der Waals surface area contributed by atoms with Gasteiger partial charge in [-0.05, 0) is 26.1 Å². The van der Waals surface area contributed by atoms with Crippen LogP contribution in [0.2, 0.25) is 0 Å². The number of piperazine rings is 1. The van der Waals surface area contributed by atoms with Gasteiger partial charge in [0.15, 0.2) is 0 Å². The molecule has 1 N–H and O–H groups in total. The van der Waals surface area contributed by atoms with Crippen molar-refractivity contribution in [1.29, 1.82) is 0 Å². The first-order chi connectivity index (χ1) is 8.24. The molecule has 0 aliphatic carbocycles. The van der Waals surface area contributed by atoms with Gasteiger partial charge in [0.2, 0.25) is 0 Å². The predicted molar refractivity (Wildman–Crippen MR) is 71.4 cm³/mol. The van der Waals surface area contributed by atoms with E-state index in [0.717, 1.165) is 24.6 Å². The minimum Gasteiger partial charge on any atom is -0.369 e. The number of aryl methyl sites for hydroxylation is 1. The van der Waals surface area contributed by atoms with Crippen LogP contribution in [0.1, 0.15) is 5.69 Å². The van der Waals surface area contributed by atoms with E-state index in [1.54, 1.807) is 0 Å². The Morgan fingerprint density at radius 3 is 2.71 bits per heavy atom. The van der Waals surface area contributed by atoms with E-state index in [2.05, 4.69) is 27.1 Å². The van der Waals surface area contributed by atoms with E-state index in [9.17, 15) is 0 Å². The minimum atomic E-state index is 0.972. The van der Waals surface area contributed by atoms with Gasteiger partial charge in [0.25, 0.3) is 0 Å². The minimum absolute atomic E-state index is 0.972. The third kappa shape index (κ3) is 3.98. The molecule has 0 unspecified atom stereocenters. The van der Waals surface area contributed by atoms with Gasteiger partial charge in [-0.25, -0.2) is 4.98 Å². The lowest BCUT2D eigenvalue weighted by Gasteiger charge is -2.32. The van der Waals surface area contributed by atoms with E-state index in [1.807, 2.05) is 25.1 Å². The number of nitrogens with zero attached hydrogens (tertiary/aromatic N) is 3. The molecule has 17 heavy (non-hydrogen) atoms. The van der Waals surface area contributed by atoms with E-state index >= 15 is 0 Å². The molecule has 4 nitrogen and oxygen atoms in total. The van der Waals surface area contributed by atoms with Crippen LogP contribution < -0.4 is 5.32 Å². The molecule has 1 aliphatic heterocycles. The largest absolute Gasteiger partial charge is 0.369 e. The first-order valence-corrected chi connectivity index (χ1v) is 6.32. The molecule has 0 radical (unpaired) electrons. The molecule has 0 atom stereocenters. The lowest BCUT2D eigenvalue weighted by Crippen LogP contribution is -2.45. The smallest absolute Gasteiger partial charge is 0.126 e. The van der Waals surface area contributed by atoms with Crippen molar-refractivity contribution >= 4 is 5.82 Å². The number of aromatic nitrogens is 1. The highest BCUT2D eigenvalue weighted by atomic mass is 15.2. The maximum atomic E-state index is 4.43. The van der Waals surface area contributed by atoms with Crippen molar-refractivity contribution in [3.8, 4) is 0 Å². The summed E-state index contributed by atoms with van der Waals surface area (Å²) in [6.45, 7) is 8.82. The molecule has 4 heteroatoms. The van der Waals surface area contributed by atoms with Gasteiger partial charge in [0.1, 0.15) is 5.82 Å². The van der Waals surface area contributed by atoms with Crippen LogP contribution in [-0.2, 0) is 0 Å². The Morgan fingerprint density at radius 1 is 1.24 bits per heavy atom. The van der Waals surface area contributed by atoms with Gasteiger partial charge in [0.05, 0.1) is 0 Å². The van der Waals surface area contributed by atoms with Crippen molar-refractivity contribution in [3.63, 3.8) is 0 Å². The molecule has 0 amide bonds. The summed E-state index contributed by atoms with van der Waals surface area (Å²) >= 11 is 0. The van der Waals surface area contributed by atoms with Gasteiger partial charge >= 0.3 is 0 Å². The first-order valence-electron chi connectivity index (χ1n) is 6.32. The fourth-order valence-electron chi connectivity index (χ4n) is 2.06. The number of rotatable bonds is 4. The maximum Gasteiger partial charge on any atom is 0.126 e. The molecule has 2 rings (SSSR count). The standard InChI is InChI=1S/C13H22N4/c1-12-4-3-5-13(15-12)14-6-7-17-10-8-16(2)9-11-17/h3-5H,6-11H2,1-2H3,(H,14,15). The summed E-state index contributed by atoms with van der Waals surface area (Å²) in [5, 5.41) is 3.38. The second kappa shape index (κ2) is 5.98. The van der Waals surface area contributed by atoms with Crippen LogP contribution in [-0.4, -0.2) is 61.1 Å². The Morgan fingerprint density at radius 2 is 2.00 bits per heavy atom. The summed E-state index contributed by atoms with van der Waals surface area (Å²) < 4.78 is 0. The van der Waals surface area contributed by atoms with Gasteiger partial charge in [-0.2, -0.15) is 0 Å². The van der Waals surface area contributed by atoms with Crippen LogP contribution in [0, 0.1) is 6.92 Å². The second-order valence-electron chi connectivity index (χ2n) is 4.74. The van der Waals surface area contributed by atoms with Gasteiger partial charge < -0.3 is 10.2 Å². The summed E-state index contributed by atoms with van der Waals surface area (Å²) in [6.07, 6.45) is 0. The lowest BCUT2D eigenvalue weighted by atomic mass is 10.3. The number of anilines is 1. The highest BCUT2D eigenvalue weighted by Gasteiger charge is 2.12. The number of likely N-dealkylation sites (N-methyl/N-ethyl adjacent to an activating group) is 1. The monoisotopic (exact) mass is 234 g/mol. The van der Waals surface area contributed by atoms with E-state index in [0.29, 0.717) is 0 Å². The molecule has 0 saturated carbocycles. The number of nitrogens with one attached hydrogen (secondary N) is 1. The SMILES string of the molecule is Cc1cccc(NCCN2CCN(C)CC2)n1. The van der Waals surface area contributed by atoms with Gasteiger partial charge in [-0.3, -0.25) is 4.90 Å². The van der Waals surface area contributed by atoms with Crippen molar-refractivity contribution in [3.05, 3.63) is 23.9 Å². The summed E-state index contributed by atoms with van der Waals surface area (Å²) in [5.41, 5.74) is 1.06. The van der Waals surface area contributed by atoms with Crippen LogP contribution in [0.5, 0.6) is 0 Å². The highest BCUT2D eigenvalue weighted by molar-refractivity contribution is 5.34. The lowest BCUT2D eigenvalue weighted by molar-refractivity contribution is 0.158. The van der Waals surface area contributed by atoms with Gasteiger partial charge in [-0.15, -0.1) is 0 Å². The summed E-state index contributed by atoms with van der Waals surface area (Å²) in [4.78, 5) is 9.31. The van der Waals surface area contributed by atoms with Crippen molar-refractivity contribution in [2.24, 2.45) is 0 Å². The molecular weight excluding hydrogens is 212 g/mol. The molecular formula is C13H22N4. The fourth-order valence-corrected chi connectivity index (χ4v) is 2.06. The molecule has 2 heterocycles. The Kier molecular flexibility index (Phi) is 4.34. The molecule has 1 aromatic heterocycles. The molecule has 1 fully saturated rings. The quantitative estimate of drug-likeness (QED) is 0.844.